The molecule has 142 valence electrons. The zero-order valence-corrected chi connectivity index (χ0v) is 15.6. The van der Waals surface area contributed by atoms with Crippen LogP contribution in [-0.4, -0.2) is 23.1 Å². The van der Waals surface area contributed by atoms with Gasteiger partial charge in [-0.05, 0) is 24.1 Å². The summed E-state index contributed by atoms with van der Waals surface area (Å²) in [5.74, 6) is 1.34. The second-order valence-electron chi connectivity index (χ2n) is 7.10. The van der Waals surface area contributed by atoms with Crippen LogP contribution < -0.4 is 9.47 Å². The Bertz CT molecular complexity index is 489. The molecule has 2 rings (SSSR count). The van der Waals surface area contributed by atoms with Gasteiger partial charge in [0.25, 0.3) is 0 Å². The number of rotatable bonds is 13. The minimum atomic E-state index is -0.868. The Balaban J connectivity index is 1.55. The van der Waals surface area contributed by atoms with Crippen molar-refractivity contribution in [2.45, 2.75) is 89.8 Å². The van der Waals surface area contributed by atoms with Crippen LogP contribution in [0, 0.1) is 0 Å². The van der Waals surface area contributed by atoms with Crippen LogP contribution in [0.1, 0.15) is 89.2 Å². The molecule has 1 aliphatic heterocycles. The van der Waals surface area contributed by atoms with E-state index >= 15 is 0 Å². The number of fused-ring (bicyclic) bond motifs is 1. The SMILES string of the molecule is CCCCCCCCCCCCC(O)C(O)c1ccc2c(c1)OCO2. The Kier molecular flexibility index (Phi) is 9.12. The maximum Gasteiger partial charge on any atom is 0.231 e. The van der Waals surface area contributed by atoms with E-state index in [1.807, 2.05) is 0 Å². The molecule has 4 nitrogen and oxygen atoms in total. The quantitative estimate of drug-likeness (QED) is 0.485. The Morgan fingerprint density at radius 1 is 0.840 bits per heavy atom. The van der Waals surface area contributed by atoms with E-state index in [2.05, 4.69) is 6.92 Å². The molecule has 2 N–H and O–H groups in total. The Morgan fingerprint density at radius 2 is 1.44 bits per heavy atom. The molecule has 1 aromatic rings. The number of hydrogen-bond donors (Lipinski definition) is 2. The van der Waals surface area contributed by atoms with Crippen molar-refractivity contribution in [2.24, 2.45) is 0 Å². The van der Waals surface area contributed by atoms with Gasteiger partial charge in [-0.15, -0.1) is 0 Å². The van der Waals surface area contributed by atoms with Gasteiger partial charge < -0.3 is 19.7 Å². The molecule has 25 heavy (non-hydrogen) atoms. The van der Waals surface area contributed by atoms with Gasteiger partial charge in [0.05, 0.1) is 6.10 Å². The van der Waals surface area contributed by atoms with Gasteiger partial charge in [-0.2, -0.15) is 0 Å². The summed E-state index contributed by atoms with van der Waals surface area (Å²) in [6.07, 6.45) is 11.7. The minimum absolute atomic E-state index is 0.218. The van der Waals surface area contributed by atoms with Gasteiger partial charge in [0, 0.05) is 0 Å². The van der Waals surface area contributed by atoms with E-state index in [9.17, 15) is 10.2 Å². The average Bonchev–Trinajstić information content (AvgIpc) is 3.10. The van der Waals surface area contributed by atoms with E-state index in [-0.39, 0.29) is 6.79 Å². The Morgan fingerprint density at radius 3 is 2.12 bits per heavy atom. The van der Waals surface area contributed by atoms with Crippen molar-refractivity contribution in [3.63, 3.8) is 0 Å². The third kappa shape index (κ3) is 6.87. The van der Waals surface area contributed by atoms with E-state index in [0.717, 1.165) is 12.8 Å². The Hall–Kier alpha value is -1.26. The molecule has 1 aliphatic rings. The van der Waals surface area contributed by atoms with Crippen molar-refractivity contribution in [2.75, 3.05) is 6.79 Å². The third-order valence-electron chi connectivity index (χ3n) is 4.96. The molecule has 0 bridgehead atoms. The van der Waals surface area contributed by atoms with Gasteiger partial charge in [0.2, 0.25) is 6.79 Å². The normalized spacial score (nSPS) is 15.3. The molecule has 4 heteroatoms. The highest BCUT2D eigenvalue weighted by molar-refractivity contribution is 5.45. The predicted octanol–water partition coefficient (Wildman–Crippen LogP) is 5.12. The minimum Gasteiger partial charge on any atom is -0.454 e. The fourth-order valence-electron chi connectivity index (χ4n) is 3.32. The monoisotopic (exact) mass is 350 g/mol. The topological polar surface area (TPSA) is 58.9 Å². The van der Waals surface area contributed by atoms with Gasteiger partial charge in [-0.25, -0.2) is 0 Å². The second-order valence-corrected chi connectivity index (χ2v) is 7.10. The summed E-state index contributed by atoms with van der Waals surface area (Å²) in [5.41, 5.74) is 0.684. The van der Waals surface area contributed by atoms with E-state index in [0.29, 0.717) is 23.5 Å². The second kappa shape index (κ2) is 11.4. The molecular weight excluding hydrogens is 316 g/mol. The summed E-state index contributed by atoms with van der Waals surface area (Å²) in [4.78, 5) is 0. The molecular formula is C21H34O4. The zero-order chi connectivity index (χ0) is 17.9. The molecule has 2 unspecified atom stereocenters. The first-order chi connectivity index (χ1) is 12.2. The summed E-state index contributed by atoms with van der Waals surface area (Å²) >= 11 is 0. The molecule has 0 aliphatic carbocycles. The van der Waals surface area contributed by atoms with Crippen molar-refractivity contribution in [3.05, 3.63) is 23.8 Å². The van der Waals surface area contributed by atoms with Gasteiger partial charge in [0.1, 0.15) is 6.10 Å². The number of hydrogen-bond acceptors (Lipinski definition) is 4. The van der Waals surface area contributed by atoms with E-state index in [1.165, 1.54) is 51.4 Å². The van der Waals surface area contributed by atoms with Gasteiger partial charge in [-0.3, -0.25) is 0 Å². The molecule has 0 aromatic heterocycles. The third-order valence-corrected chi connectivity index (χ3v) is 4.96. The first-order valence-electron chi connectivity index (χ1n) is 9.98. The molecule has 0 fully saturated rings. The van der Waals surface area contributed by atoms with E-state index < -0.39 is 12.2 Å². The number of unbranched alkanes of at least 4 members (excludes halogenated alkanes) is 9. The maximum atomic E-state index is 10.3. The van der Waals surface area contributed by atoms with Crippen LogP contribution in [0.15, 0.2) is 18.2 Å². The Labute approximate surface area is 152 Å². The largest absolute Gasteiger partial charge is 0.454 e. The van der Waals surface area contributed by atoms with Crippen molar-refractivity contribution in [1.82, 2.24) is 0 Å². The summed E-state index contributed by atoms with van der Waals surface area (Å²) < 4.78 is 10.6. The molecule has 0 radical (unpaired) electrons. The van der Waals surface area contributed by atoms with Crippen LogP contribution in [-0.2, 0) is 0 Å². The molecule has 0 spiro atoms. The first kappa shape index (κ1) is 20.1. The summed E-state index contributed by atoms with van der Waals surface area (Å²) in [6.45, 7) is 2.47. The van der Waals surface area contributed by atoms with Crippen LogP contribution in [0.4, 0.5) is 0 Å². The smallest absolute Gasteiger partial charge is 0.231 e. The predicted molar refractivity (Wildman–Crippen MR) is 100.0 cm³/mol. The fraction of sp³-hybridized carbons (Fsp3) is 0.714. The van der Waals surface area contributed by atoms with E-state index in [1.54, 1.807) is 18.2 Å². The molecule has 1 heterocycles. The molecule has 1 aromatic carbocycles. The molecule has 0 saturated carbocycles. The summed E-state index contributed by atoms with van der Waals surface area (Å²) in [7, 11) is 0. The zero-order valence-electron chi connectivity index (χ0n) is 15.6. The van der Waals surface area contributed by atoms with Crippen molar-refractivity contribution < 1.29 is 19.7 Å². The number of ether oxygens (including phenoxy) is 2. The highest BCUT2D eigenvalue weighted by Crippen LogP contribution is 2.35. The standard InChI is InChI=1S/C21H34O4/c1-2-3-4-5-6-7-8-9-10-11-12-18(22)21(23)17-13-14-19-20(15-17)25-16-24-19/h13-15,18,21-23H,2-12,16H2,1H3. The van der Waals surface area contributed by atoms with E-state index in [4.69, 9.17) is 9.47 Å². The number of aliphatic hydroxyl groups is 2. The lowest BCUT2D eigenvalue weighted by Crippen LogP contribution is -2.18. The van der Waals surface area contributed by atoms with Crippen LogP contribution in [0.5, 0.6) is 11.5 Å². The fourth-order valence-corrected chi connectivity index (χ4v) is 3.32. The molecule has 2 atom stereocenters. The number of benzene rings is 1. The summed E-state index contributed by atoms with van der Waals surface area (Å²) in [6, 6.07) is 5.34. The first-order valence-corrected chi connectivity index (χ1v) is 9.98. The van der Waals surface area contributed by atoms with Gasteiger partial charge in [0.15, 0.2) is 11.5 Å². The lowest BCUT2D eigenvalue weighted by molar-refractivity contribution is 0.0119. The summed E-state index contributed by atoms with van der Waals surface area (Å²) in [5, 5.41) is 20.5. The highest BCUT2D eigenvalue weighted by Gasteiger charge is 2.21. The van der Waals surface area contributed by atoms with Gasteiger partial charge in [-0.1, -0.05) is 77.2 Å². The van der Waals surface area contributed by atoms with Crippen LogP contribution in [0.3, 0.4) is 0 Å². The van der Waals surface area contributed by atoms with Crippen LogP contribution >= 0.6 is 0 Å². The van der Waals surface area contributed by atoms with Crippen molar-refractivity contribution in [1.29, 1.82) is 0 Å². The average molecular weight is 350 g/mol. The molecule has 0 saturated heterocycles. The highest BCUT2D eigenvalue weighted by atomic mass is 16.7. The molecule has 0 amide bonds. The van der Waals surface area contributed by atoms with Crippen molar-refractivity contribution in [3.8, 4) is 11.5 Å². The lowest BCUT2D eigenvalue weighted by atomic mass is 9.98. The van der Waals surface area contributed by atoms with Crippen molar-refractivity contribution >= 4 is 0 Å². The van der Waals surface area contributed by atoms with Crippen LogP contribution in [0.2, 0.25) is 0 Å². The van der Waals surface area contributed by atoms with Gasteiger partial charge >= 0.3 is 0 Å². The lowest BCUT2D eigenvalue weighted by Gasteiger charge is -2.18. The maximum absolute atomic E-state index is 10.3. The number of aliphatic hydroxyl groups excluding tert-OH is 2. The van der Waals surface area contributed by atoms with Crippen LogP contribution in [0.25, 0.3) is 0 Å².